The molecule has 116 valence electrons. The maximum absolute atomic E-state index is 11.7. The lowest BCUT2D eigenvalue weighted by Crippen LogP contribution is -2.50. The van der Waals surface area contributed by atoms with Gasteiger partial charge in [0, 0.05) is 52.8 Å². The largest absolute Gasteiger partial charge is 0.386 e. The van der Waals surface area contributed by atoms with Crippen molar-refractivity contribution in [1.82, 2.24) is 15.1 Å². The maximum atomic E-state index is 11.7. The molecule has 0 saturated carbocycles. The van der Waals surface area contributed by atoms with Gasteiger partial charge in [-0.05, 0) is 12.8 Å². The number of piperidine rings is 1. The first-order chi connectivity index (χ1) is 9.48. The average molecular weight is 285 g/mol. The molecule has 1 amide bonds. The minimum Gasteiger partial charge on any atom is -0.386 e. The molecule has 0 aromatic rings. The highest BCUT2D eigenvalue weighted by atomic mass is 16.5. The Kier molecular flexibility index (Phi) is 5.37. The van der Waals surface area contributed by atoms with Crippen LogP contribution in [0.2, 0.25) is 0 Å². The maximum Gasteiger partial charge on any atom is 0.236 e. The molecule has 2 heterocycles. The van der Waals surface area contributed by atoms with Crippen molar-refractivity contribution in [3.05, 3.63) is 0 Å². The van der Waals surface area contributed by atoms with Crippen LogP contribution in [0.5, 0.6) is 0 Å². The Morgan fingerprint density at radius 3 is 2.70 bits per heavy atom. The lowest BCUT2D eigenvalue weighted by atomic mass is 10.0. The number of hydrogen-bond donors (Lipinski definition) is 2. The molecular weight excluding hydrogens is 258 g/mol. The molecule has 2 N–H and O–H groups in total. The van der Waals surface area contributed by atoms with Gasteiger partial charge in [-0.2, -0.15) is 0 Å². The summed E-state index contributed by atoms with van der Waals surface area (Å²) in [4.78, 5) is 15.5. The zero-order valence-electron chi connectivity index (χ0n) is 12.6. The minimum atomic E-state index is -0.683. The van der Waals surface area contributed by atoms with E-state index in [1.54, 1.807) is 19.0 Å². The summed E-state index contributed by atoms with van der Waals surface area (Å²) in [6, 6.07) is 0.435. The molecule has 1 unspecified atom stereocenters. The number of amides is 1. The SMILES string of the molecule is CN(C)C(=O)CN1CCC(NCC2(O)CCOC2)CC1. The average Bonchev–Trinajstić information content (AvgIpc) is 2.85. The Balaban J connectivity index is 1.65. The van der Waals surface area contributed by atoms with Crippen LogP contribution in [0, 0.1) is 0 Å². The van der Waals surface area contributed by atoms with Gasteiger partial charge in [-0.1, -0.05) is 0 Å². The third-order valence-electron chi connectivity index (χ3n) is 4.25. The Morgan fingerprint density at radius 1 is 1.45 bits per heavy atom. The molecule has 0 aliphatic carbocycles. The van der Waals surface area contributed by atoms with Crippen molar-refractivity contribution in [2.75, 3.05) is 53.5 Å². The summed E-state index contributed by atoms with van der Waals surface area (Å²) >= 11 is 0. The number of ether oxygens (including phenoxy) is 1. The highest BCUT2D eigenvalue weighted by Gasteiger charge is 2.33. The van der Waals surface area contributed by atoms with E-state index >= 15 is 0 Å². The van der Waals surface area contributed by atoms with E-state index in [1.807, 2.05) is 0 Å². The van der Waals surface area contributed by atoms with Gasteiger partial charge in [-0.25, -0.2) is 0 Å². The number of carbonyl (C=O) groups excluding carboxylic acids is 1. The van der Waals surface area contributed by atoms with Crippen molar-refractivity contribution < 1.29 is 14.6 Å². The number of rotatable bonds is 5. The summed E-state index contributed by atoms with van der Waals surface area (Å²) in [5.74, 6) is 0.161. The van der Waals surface area contributed by atoms with Gasteiger partial charge in [0.2, 0.25) is 5.91 Å². The van der Waals surface area contributed by atoms with Crippen LogP contribution in [0.4, 0.5) is 0 Å². The van der Waals surface area contributed by atoms with Crippen molar-refractivity contribution in [3.63, 3.8) is 0 Å². The fraction of sp³-hybridized carbons (Fsp3) is 0.929. The molecule has 2 aliphatic rings. The van der Waals surface area contributed by atoms with Crippen molar-refractivity contribution in [2.45, 2.75) is 30.9 Å². The van der Waals surface area contributed by atoms with Gasteiger partial charge in [0.05, 0.1) is 13.2 Å². The number of likely N-dealkylation sites (tertiary alicyclic amines) is 1. The molecule has 2 fully saturated rings. The Bertz CT molecular complexity index is 322. The number of hydrogen-bond acceptors (Lipinski definition) is 5. The number of nitrogens with zero attached hydrogens (tertiary/aromatic N) is 2. The van der Waals surface area contributed by atoms with Gasteiger partial charge in [0.1, 0.15) is 5.60 Å². The molecule has 2 aliphatic heterocycles. The Morgan fingerprint density at radius 2 is 2.15 bits per heavy atom. The second-order valence-corrected chi connectivity index (χ2v) is 6.25. The van der Waals surface area contributed by atoms with Crippen LogP contribution >= 0.6 is 0 Å². The molecule has 6 heteroatoms. The van der Waals surface area contributed by atoms with Gasteiger partial charge in [0.25, 0.3) is 0 Å². The first kappa shape index (κ1) is 15.7. The molecular formula is C14H27N3O3. The standard InChI is InChI=1S/C14H27N3O3/c1-16(2)13(18)9-17-6-3-12(4-7-17)15-10-14(19)5-8-20-11-14/h12,15,19H,3-11H2,1-2H3. The van der Waals surface area contributed by atoms with E-state index in [-0.39, 0.29) is 5.91 Å². The van der Waals surface area contributed by atoms with Gasteiger partial charge in [-0.15, -0.1) is 0 Å². The van der Waals surface area contributed by atoms with Crippen molar-refractivity contribution in [1.29, 1.82) is 0 Å². The lowest BCUT2D eigenvalue weighted by molar-refractivity contribution is -0.130. The van der Waals surface area contributed by atoms with Gasteiger partial charge in [0.15, 0.2) is 0 Å². The number of likely N-dealkylation sites (N-methyl/N-ethyl adjacent to an activating group) is 1. The fourth-order valence-electron chi connectivity index (χ4n) is 2.70. The molecule has 0 bridgehead atoms. The van der Waals surface area contributed by atoms with E-state index in [2.05, 4.69) is 10.2 Å². The molecule has 20 heavy (non-hydrogen) atoms. The predicted octanol–water partition coefficient (Wildman–Crippen LogP) is -0.720. The fourth-order valence-corrected chi connectivity index (χ4v) is 2.70. The summed E-state index contributed by atoms with van der Waals surface area (Å²) < 4.78 is 5.24. The van der Waals surface area contributed by atoms with E-state index in [0.29, 0.717) is 32.3 Å². The zero-order chi connectivity index (χ0) is 14.6. The first-order valence-corrected chi connectivity index (χ1v) is 7.44. The van der Waals surface area contributed by atoms with Gasteiger partial charge in [-0.3, -0.25) is 9.69 Å². The molecule has 0 spiro atoms. The number of nitrogens with one attached hydrogen (secondary N) is 1. The molecule has 0 aromatic carbocycles. The van der Waals surface area contributed by atoms with Crippen LogP contribution < -0.4 is 5.32 Å². The monoisotopic (exact) mass is 285 g/mol. The smallest absolute Gasteiger partial charge is 0.236 e. The summed E-state index contributed by atoms with van der Waals surface area (Å²) in [5.41, 5.74) is -0.683. The number of aliphatic hydroxyl groups is 1. The van der Waals surface area contributed by atoms with Crippen LogP contribution in [0.1, 0.15) is 19.3 Å². The molecule has 6 nitrogen and oxygen atoms in total. The van der Waals surface area contributed by atoms with Gasteiger partial charge < -0.3 is 20.1 Å². The molecule has 2 rings (SSSR count). The quantitative estimate of drug-likeness (QED) is 0.698. The zero-order valence-corrected chi connectivity index (χ0v) is 12.6. The van der Waals surface area contributed by atoms with Crippen LogP contribution in [-0.4, -0.2) is 85.9 Å². The topological polar surface area (TPSA) is 65.0 Å². The van der Waals surface area contributed by atoms with Crippen molar-refractivity contribution in [2.24, 2.45) is 0 Å². The summed E-state index contributed by atoms with van der Waals surface area (Å²) in [5, 5.41) is 13.7. The third-order valence-corrected chi connectivity index (χ3v) is 4.25. The van der Waals surface area contributed by atoms with Crippen LogP contribution in [0.25, 0.3) is 0 Å². The van der Waals surface area contributed by atoms with Crippen LogP contribution in [-0.2, 0) is 9.53 Å². The summed E-state index contributed by atoms with van der Waals surface area (Å²) in [6.45, 7) is 4.09. The normalized spacial score (nSPS) is 28.8. The molecule has 2 saturated heterocycles. The predicted molar refractivity (Wildman–Crippen MR) is 76.5 cm³/mol. The second kappa shape index (κ2) is 6.85. The Labute approximate surface area is 121 Å². The molecule has 0 radical (unpaired) electrons. The highest BCUT2D eigenvalue weighted by Crippen LogP contribution is 2.18. The minimum absolute atomic E-state index is 0.161. The van der Waals surface area contributed by atoms with Crippen molar-refractivity contribution >= 4 is 5.91 Å². The summed E-state index contributed by atoms with van der Waals surface area (Å²) in [6.07, 6.45) is 2.77. The Hall–Kier alpha value is -0.690. The van der Waals surface area contributed by atoms with Crippen LogP contribution in [0.15, 0.2) is 0 Å². The van der Waals surface area contributed by atoms with E-state index < -0.39 is 5.60 Å². The number of carbonyl (C=O) groups is 1. The second-order valence-electron chi connectivity index (χ2n) is 6.25. The first-order valence-electron chi connectivity index (χ1n) is 7.44. The molecule has 1 atom stereocenters. The van der Waals surface area contributed by atoms with E-state index in [0.717, 1.165) is 32.4 Å². The third kappa shape index (κ3) is 4.41. The van der Waals surface area contributed by atoms with E-state index in [4.69, 9.17) is 4.74 Å². The summed E-state index contributed by atoms with van der Waals surface area (Å²) in [7, 11) is 3.59. The van der Waals surface area contributed by atoms with Crippen molar-refractivity contribution in [3.8, 4) is 0 Å². The highest BCUT2D eigenvalue weighted by molar-refractivity contribution is 5.77. The van der Waals surface area contributed by atoms with E-state index in [9.17, 15) is 9.90 Å². The lowest BCUT2D eigenvalue weighted by Gasteiger charge is -2.34. The van der Waals surface area contributed by atoms with E-state index in [1.165, 1.54) is 0 Å². The molecule has 0 aromatic heterocycles. The van der Waals surface area contributed by atoms with Gasteiger partial charge >= 0.3 is 0 Å². The van der Waals surface area contributed by atoms with Crippen LogP contribution in [0.3, 0.4) is 0 Å².